The molecule has 0 aliphatic heterocycles. The third-order valence-electron chi connectivity index (χ3n) is 4.89. The van der Waals surface area contributed by atoms with E-state index in [2.05, 4.69) is 20.6 Å². The van der Waals surface area contributed by atoms with Crippen molar-refractivity contribution in [3.8, 4) is 5.75 Å². The highest BCUT2D eigenvalue weighted by atomic mass is 35.5. The van der Waals surface area contributed by atoms with Gasteiger partial charge in [0.15, 0.2) is 6.61 Å². The zero-order valence-corrected chi connectivity index (χ0v) is 15.7. The molecule has 1 aromatic carbocycles. The average Bonchev–Trinajstić information content (AvgIpc) is 2.60. The molecule has 3 saturated carbocycles. The van der Waals surface area contributed by atoms with Crippen molar-refractivity contribution in [3.63, 3.8) is 0 Å². The maximum absolute atomic E-state index is 12.2. The highest BCUT2D eigenvalue weighted by Gasteiger charge is 2.69. The molecule has 5 rings (SSSR count). The lowest BCUT2D eigenvalue weighted by Crippen LogP contribution is -2.84. The number of rotatable bonds is 6. The monoisotopic (exact) mass is 406 g/mol. The topological polar surface area (TPSA) is 93.2 Å². The normalized spacial score (nSPS) is 25.0. The summed E-state index contributed by atoms with van der Waals surface area (Å²) < 4.78 is 5.44. The van der Waals surface area contributed by atoms with Crippen molar-refractivity contribution in [1.29, 1.82) is 0 Å². The van der Waals surface area contributed by atoms with Gasteiger partial charge in [-0.2, -0.15) is 0 Å². The van der Waals surface area contributed by atoms with Crippen LogP contribution in [-0.4, -0.2) is 39.5 Å². The van der Waals surface area contributed by atoms with Crippen LogP contribution in [0, 0.1) is 0 Å². The number of aromatic nitrogens is 2. The van der Waals surface area contributed by atoms with E-state index in [1.807, 2.05) is 0 Å². The van der Waals surface area contributed by atoms with E-state index in [4.69, 9.17) is 27.9 Å². The second-order valence-electron chi connectivity index (χ2n) is 7.05. The van der Waals surface area contributed by atoms with Crippen molar-refractivity contribution in [2.45, 2.75) is 30.3 Å². The van der Waals surface area contributed by atoms with Crippen LogP contribution in [0.4, 0.5) is 0 Å². The number of carbonyl (C=O) groups excluding carboxylic acids is 2. The van der Waals surface area contributed by atoms with Crippen LogP contribution in [-0.2, 0) is 4.79 Å². The number of hydrogen-bond acceptors (Lipinski definition) is 5. The van der Waals surface area contributed by atoms with Gasteiger partial charge in [-0.15, -0.1) is 0 Å². The lowest BCUT2D eigenvalue weighted by atomic mass is 9.44. The van der Waals surface area contributed by atoms with Gasteiger partial charge >= 0.3 is 0 Å². The fourth-order valence-electron chi connectivity index (χ4n) is 3.83. The van der Waals surface area contributed by atoms with Crippen molar-refractivity contribution < 1.29 is 14.3 Å². The molecule has 27 heavy (non-hydrogen) atoms. The van der Waals surface area contributed by atoms with Gasteiger partial charge in [-0.05, 0) is 37.5 Å². The van der Waals surface area contributed by atoms with Gasteiger partial charge in [0.1, 0.15) is 17.8 Å². The predicted octanol–water partition coefficient (Wildman–Crippen LogP) is 2.38. The minimum Gasteiger partial charge on any atom is -0.484 e. The Labute approximate surface area is 165 Å². The molecule has 0 unspecified atom stereocenters. The number of benzene rings is 1. The summed E-state index contributed by atoms with van der Waals surface area (Å²) in [6.07, 6.45) is 4.98. The van der Waals surface area contributed by atoms with Crippen LogP contribution in [0.15, 0.2) is 36.8 Å². The number of hydrogen-bond donors (Lipinski definition) is 2. The summed E-state index contributed by atoms with van der Waals surface area (Å²) in [5.41, 5.74) is -0.167. The van der Waals surface area contributed by atoms with Crippen LogP contribution >= 0.6 is 23.2 Å². The van der Waals surface area contributed by atoms with Gasteiger partial charge in [-0.3, -0.25) is 9.59 Å². The Morgan fingerprint density at radius 2 is 1.81 bits per heavy atom. The SMILES string of the molecule is O=C(COc1ccc(Cl)c(Cl)c1)NC12CC(NC(=O)c3ccncn3)(C1)C2. The van der Waals surface area contributed by atoms with Crippen LogP contribution in [0.2, 0.25) is 10.0 Å². The molecule has 3 aliphatic carbocycles. The molecule has 7 nitrogen and oxygen atoms in total. The molecule has 2 amide bonds. The van der Waals surface area contributed by atoms with E-state index < -0.39 is 0 Å². The second-order valence-corrected chi connectivity index (χ2v) is 7.87. The molecule has 0 atom stereocenters. The van der Waals surface area contributed by atoms with E-state index in [1.54, 1.807) is 24.3 Å². The molecule has 3 fully saturated rings. The molecule has 2 bridgehead atoms. The predicted molar refractivity (Wildman–Crippen MR) is 98.9 cm³/mol. The van der Waals surface area contributed by atoms with Crippen LogP contribution in [0.1, 0.15) is 29.8 Å². The summed E-state index contributed by atoms with van der Waals surface area (Å²) >= 11 is 11.8. The zero-order chi connectivity index (χ0) is 19.1. The largest absolute Gasteiger partial charge is 0.484 e. The fourth-order valence-corrected chi connectivity index (χ4v) is 4.12. The van der Waals surface area contributed by atoms with Gasteiger partial charge in [0.2, 0.25) is 0 Å². The lowest BCUT2D eigenvalue weighted by Gasteiger charge is -2.70. The average molecular weight is 407 g/mol. The highest BCUT2D eigenvalue weighted by molar-refractivity contribution is 6.42. The maximum atomic E-state index is 12.2. The third kappa shape index (κ3) is 3.57. The van der Waals surface area contributed by atoms with E-state index in [0.717, 1.165) is 0 Å². The van der Waals surface area contributed by atoms with E-state index in [0.29, 0.717) is 40.8 Å². The number of nitrogens with zero attached hydrogens (tertiary/aromatic N) is 2. The molecule has 0 spiro atoms. The number of nitrogens with one attached hydrogen (secondary N) is 2. The van der Waals surface area contributed by atoms with Crippen LogP contribution in [0.5, 0.6) is 5.75 Å². The number of ether oxygens (including phenoxy) is 1. The summed E-state index contributed by atoms with van der Waals surface area (Å²) in [5, 5.41) is 6.79. The summed E-state index contributed by atoms with van der Waals surface area (Å²) in [4.78, 5) is 32.1. The summed E-state index contributed by atoms with van der Waals surface area (Å²) in [5.74, 6) is 0.0437. The lowest BCUT2D eigenvalue weighted by molar-refractivity contribution is -0.141. The van der Waals surface area contributed by atoms with Crippen molar-refractivity contribution >= 4 is 35.0 Å². The van der Waals surface area contributed by atoms with Gasteiger partial charge in [-0.1, -0.05) is 23.2 Å². The Morgan fingerprint density at radius 1 is 1.07 bits per heavy atom. The summed E-state index contributed by atoms with van der Waals surface area (Å²) in [7, 11) is 0. The van der Waals surface area contributed by atoms with Crippen LogP contribution in [0.25, 0.3) is 0 Å². The summed E-state index contributed by atoms with van der Waals surface area (Å²) in [6, 6.07) is 6.40. The van der Waals surface area contributed by atoms with Gasteiger partial charge in [0, 0.05) is 23.3 Å². The zero-order valence-electron chi connectivity index (χ0n) is 14.2. The van der Waals surface area contributed by atoms with Crippen molar-refractivity contribution in [3.05, 3.63) is 52.5 Å². The Balaban J connectivity index is 1.24. The number of halogens is 2. The first-order valence-electron chi connectivity index (χ1n) is 8.36. The summed E-state index contributed by atoms with van der Waals surface area (Å²) in [6.45, 7) is -0.111. The highest BCUT2D eigenvalue weighted by Crippen LogP contribution is 2.60. The van der Waals surface area contributed by atoms with Gasteiger partial charge in [0.25, 0.3) is 11.8 Å². The molecule has 140 valence electrons. The van der Waals surface area contributed by atoms with Gasteiger partial charge < -0.3 is 15.4 Å². The Kier molecular flexibility index (Phi) is 4.44. The maximum Gasteiger partial charge on any atom is 0.270 e. The van der Waals surface area contributed by atoms with E-state index in [-0.39, 0.29) is 29.5 Å². The van der Waals surface area contributed by atoms with E-state index in [9.17, 15) is 9.59 Å². The van der Waals surface area contributed by atoms with E-state index in [1.165, 1.54) is 12.5 Å². The Morgan fingerprint density at radius 3 is 2.48 bits per heavy atom. The molecule has 1 aromatic heterocycles. The molecular formula is C18H16Cl2N4O3. The quantitative estimate of drug-likeness (QED) is 0.767. The first kappa shape index (κ1) is 18.0. The Bertz CT molecular complexity index is 887. The van der Waals surface area contributed by atoms with Crippen LogP contribution in [0.3, 0.4) is 0 Å². The molecule has 1 heterocycles. The first-order chi connectivity index (χ1) is 12.9. The van der Waals surface area contributed by atoms with Gasteiger partial charge in [0.05, 0.1) is 10.0 Å². The molecule has 0 radical (unpaired) electrons. The van der Waals surface area contributed by atoms with Crippen LogP contribution < -0.4 is 15.4 Å². The molecular weight excluding hydrogens is 391 g/mol. The number of amides is 2. The molecule has 0 saturated heterocycles. The van der Waals surface area contributed by atoms with Gasteiger partial charge in [-0.25, -0.2) is 9.97 Å². The molecule has 2 aromatic rings. The second kappa shape index (κ2) is 6.65. The smallest absolute Gasteiger partial charge is 0.270 e. The van der Waals surface area contributed by atoms with Crippen molar-refractivity contribution in [2.24, 2.45) is 0 Å². The van der Waals surface area contributed by atoms with Crippen molar-refractivity contribution in [2.75, 3.05) is 6.61 Å². The first-order valence-corrected chi connectivity index (χ1v) is 9.12. The fraction of sp³-hybridized carbons (Fsp3) is 0.333. The minimum absolute atomic E-state index is 0.111. The molecule has 2 N–H and O–H groups in total. The van der Waals surface area contributed by atoms with Crippen molar-refractivity contribution in [1.82, 2.24) is 20.6 Å². The van der Waals surface area contributed by atoms with E-state index >= 15 is 0 Å². The Hall–Kier alpha value is -2.38. The minimum atomic E-state index is -0.253. The molecule has 9 heteroatoms. The number of carbonyl (C=O) groups is 2. The molecule has 3 aliphatic rings. The standard InChI is InChI=1S/C18H16Cl2N4O3/c19-12-2-1-11(5-13(12)20)27-6-15(25)23-17-7-18(8-17,9-17)24-16(26)14-3-4-21-10-22-14/h1-5,10H,6-9H2,(H,23,25)(H,24,26). The third-order valence-corrected chi connectivity index (χ3v) is 5.63.